The molecule has 84 valence electrons. The van der Waals surface area contributed by atoms with Crippen LogP contribution in [0.15, 0.2) is 12.2 Å². The van der Waals surface area contributed by atoms with E-state index in [4.69, 9.17) is 5.11 Å². The summed E-state index contributed by atoms with van der Waals surface area (Å²) in [5.74, 6) is 0. The highest BCUT2D eigenvalue weighted by Crippen LogP contribution is 2.11. The molecule has 0 aliphatic rings. The molecule has 0 atom stereocenters. The van der Waals surface area contributed by atoms with Crippen molar-refractivity contribution in [2.75, 3.05) is 0 Å². The number of hydrogen-bond acceptors (Lipinski definition) is 3. The molecule has 0 aromatic carbocycles. The van der Waals surface area contributed by atoms with Gasteiger partial charge in [0.1, 0.15) is 5.69 Å². The average molecular weight is 209 g/mol. The van der Waals surface area contributed by atoms with Gasteiger partial charge in [0.15, 0.2) is 0 Å². The van der Waals surface area contributed by atoms with E-state index in [-0.39, 0.29) is 6.61 Å². The Hall–Kier alpha value is -1.16. The Morgan fingerprint density at radius 2 is 2.27 bits per heavy atom. The van der Waals surface area contributed by atoms with Crippen molar-refractivity contribution in [2.45, 2.75) is 46.3 Å². The van der Waals surface area contributed by atoms with Gasteiger partial charge in [-0.3, -0.25) is 0 Å². The van der Waals surface area contributed by atoms with Crippen molar-refractivity contribution < 1.29 is 5.11 Å². The first-order valence-corrected chi connectivity index (χ1v) is 5.35. The first-order chi connectivity index (χ1) is 7.19. The van der Waals surface area contributed by atoms with Gasteiger partial charge in [-0.15, -0.1) is 5.10 Å². The molecular weight excluding hydrogens is 190 g/mol. The zero-order valence-corrected chi connectivity index (χ0v) is 9.53. The molecule has 0 unspecified atom stereocenters. The van der Waals surface area contributed by atoms with Crippen LogP contribution in [-0.2, 0) is 19.6 Å². The summed E-state index contributed by atoms with van der Waals surface area (Å²) in [6.07, 6.45) is 3.15. The lowest BCUT2D eigenvalue weighted by Crippen LogP contribution is -2.07. The van der Waals surface area contributed by atoms with E-state index in [1.807, 2.05) is 11.6 Å². The van der Waals surface area contributed by atoms with Gasteiger partial charge in [-0.05, 0) is 19.8 Å². The van der Waals surface area contributed by atoms with Crippen LogP contribution in [-0.4, -0.2) is 20.1 Å². The minimum atomic E-state index is -0.0325. The van der Waals surface area contributed by atoms with Gasteiger partial charge >= 0.3 is 0 Å². The van der Waals surface area contributed by atoms with Crippen molar-refractivity contribution in [3.05, 3.63) is 23.5 Å². The van der Waals surface area contributed by atoms with E-state index in [2.05, 4.69) is 23.8 Å². The number of aliphatic hydroxyl groups is 1. The van der Waals surface area contributed by atoms with Gasteiger partial charge in [-0.2, -0.15) is 0 Å². The second-order valence-corrected chi connectivity index (χ2v) is 3.86. The molecule has 1 aromatic rings. The lowest BCUT2D eigenvalue weighted by Gasteiger charge is -2.06. The summed E-state index contributed by atoms with van der Waals surface area (Å²) in [4.78, 5) is 0. The number of nitrogens with zero attached hydrogens (tertiary/aromatic N) is 3. The van der Waals surface area contributed by atoms with Gasteiger partial charge < -0.3 is 5.11 Å². The van der Waals surface area contributed by atoms with E-state index < -0.39 is 0 Å². The van der Waals surface area contributed by atoms with Gasteiger partial charge in [0.05, 0.1) is 18.8 Å². The molecule has 1 aromatic heterocycles. The van der Waals surface area contributed by atoms with E-state index in [9.17, 15) is 0 Å². The van der Waals surface area contributed by atoms with Crippen LogP contribution in [0, 0.1) is 0 Å². The minimum absolute atomic E-state index is 0.0325. The van der Waals surface area contributed by atoms with Crippen molar-refractivity contribution in [2.24, 2.45) is 0 Å². The molecule has 0 amide bonds. The maximum atomic E-state index is 9.13. The third-order valence-corrected chi connectivity index (χ3v) is 2.25. The van der Waals surface area contributed by atoms with Crippen LogP contribution in [0.5, 0.6) is 0 Å². The van der Waals surface area contributed by atoms with E-state index in [1.54, 1.807) is 0 Å². The van der Waals surface area contributed by atoms with Gasteiger partial charge in [0, 0.05) is 0 Å². The van der Waals surface area contributed by atoms with Gasteiger partial charge in [0.2, 0.25) is 0 Å². The Morgan fingerprint density at radius 3 is 2.80 bits per heavy atom. The molecule has 0 saturated heterocycles. The van der Waals surface area contributed by atoms with E-state index in [1.165, 1.54) is 0 Å². The molecule has 4 heteroatoms. The van der Waals surface area contributed by atoms with Crippen LogP contribution >= 0.6 is 0 Å². The summed E-state index contributed by atoms with van der Waals surface area (Å²) >= 11 is 0. The van der Waals surface area contributed by atoms with E-state index >= 15 is 0 Å². The summed E-state index contributed by atoms with van der Waals surface area (Å²) < 4.78 is 1.84. The largest absolute Gasteiger partial charge is 0.390 e. The Labute approximate surface area is 90.6 Å². The molecule has 1 rings (SSSR count). The highest BCUT2D eigenvalue weighted by molar-refractivity contribution is 5.10. The highest BCUT2D eigenvalue weighted by atomic mass is 16.3. The summed E-state index contributed by atoms with van der Waals surface area (Å²) in [5, 5.41) is 17.1. The molecule has 0 aliphatic heterocycles. The molecule has 0 bridgehead atoms. The van der Waals surface area contributed by atoms with Crippen molar-refractivity contribution >= 4 is 0 Å². The molecule has 0 saturated carbocycles. The fourth-order valence-corrected chi connectivity index (χ4v) is 1.49. The second kappa shape index (κ2) is 5.66. The number of unbranched alkanes of at least 4 members (excludes halogenated alkanes) is 1. The Balaban J connectivity index is 2.84. The fraction of sp³-hybridized carbons (Fsp3) is 0.636. The average Bonchev–Trinajstić information content (AvgIpc) is 2.56. The first-order valence-electron chi connectivity index (χ1n) is 5.35. The first kappa shape index (κ1) is 11.9. The molecule has 4 nitrogen and oxygen atoms in total. The highest BCUT2D eigenvalue weighted by Gasteiger charge is 2.11. The van der Waals surface area contributed by atoms with Crippen LogP contribution in [0.1, 0.15) is 38.1 Å². The lowest BCUT2D eigenvalue weighted by atomic mass is 10.1. The maximum absolute atomic E-state index is 9.13. The predicted octanol–water partition coefficient (Wildman–Crippen LogP) is 1.69. The van der Waals surface area contributed by atoms with E-state index in [0.29, 0.717) is 12.2 Å². The molecule has 0 spiro atoms. The predicted molar refractivity (Wildman–Crippen MR) is 59.4 cm³/mol. The lowest BCUT2D eigenvalue weighted by molar-refractivity contribution is 0.275. The summed E-state index contributed by atoms with van der Waals surface area (Å²) in [7, 11) is 0. The van der Waals surface area contributed by atoms with Gasteiger partial charge in [0.25, 0.3) is 0 Å². The summed E-state index contributed by atoms with van der Waals surface area (Å²) in [6, 6.07) is 0. The monoisotopic (exact) mass is 209 g/mol. The van der Waals surface area contributed by atoms with Crippen LogP contribution in [0.25, 0.3) is 0 Å². The van der Waals surface area contributed by atoms with E-state index in [0.717, 1.165) is 30.5 Å². The minimum Gasteiger partial charge on any atom is -0.390 e. The number of allylic oxidation sites excluding steroid dienone is 1. The van der Waals surface area contributed by atoms with Crippen LogP contribution in [0.4, 0.5) is 0 Å². The summed E-state index contributed by atoms with van der Waals surface area (Å²) in [5.41, 5.74) is 2.79. The number of aliphatic hydroxyl groups excluding tert-OH is 1. The number of aromatic nitrogens is 3. The SMILES string of the molecule is C=C(C)Cn1nnc(CO)c1CCCC. The quantitative estimate of drug-likeness (QED) is 0.725. The molecule has 1 N–H and O–H groups in total. The third kappa shape index (κ3) is 3.16. The zero-order chi connectivity index (χ0) is 11.3. The van der Waals surface area contributed by atoms with Crippen LogP contribution in [0.2, 0.25) is 0 Å². The second-order valence-electron chi connectivity index (χ2n) is 3.86. The normalized spacial score (nSPS) is 10.6. The molecular formula is C11H19N3O. The fourth-order valence-electron chi connectivity index (χ4n) is 1.49. The smallest absolute Gasteiger partial charge is 0.111 e. The van der Waals surface area contributed by atoms with Crippen LogP contribution in [0.3, 0.4) is 0 Å². The van der Waals surface area contributed by atoms with Gasteiger partial charge in [-0.1, -0.05) is 30.7 Å². The molecule has 0 aliphatic carbocycles. The molecule has 0 fully saturated rings. The zero-order valence-electron chi connectivity index (χ0n) is 9.53. The van der Waals surface area contributed by atoms with Crippen molar-refractivity contribution in [1.29, 1.82) is 0 Å². The van der Waals surface area contributed by atoms with Crippen molar-refractivity contribution in [3.63, 3.8) is 0 Å². The molecule has 0 radical (unpaired) electrons. The Kier molecular flexibility index (Phi) is 4.49. The maximum Gasteiger partial charge on any atom is 0.111 e. The standard InChI is InChI=1S/C11H19N3O/c1-4-5-6-11-10(8-15)12-13-14(11)7-9(2)3/h15H,2,4-8H2,1,3H3. The van der Waals surface area contributed by atoms with Crippen molar-refractivity contribution in [1.82, 2.24) is 15.0 Å². The van der Waals surface area contributed by atoms with Crippen LogP contribution < -0.4 is 0 Å². The van der Waals surface area contributed by atoms with Crippen molar-refractivity contribution in [3.8, 4) is 0 Å². The molecule has 1 heterocycles. The topological polar surface area (TPSA) is 50.9 Å². The Morgan fingerprint density at radius 1 is 1.53 bits per heavy atom. The molecule has 15 heavy (non-hydrogen) atoms. The summed E-state index contributed by atoms with van der Waals surface area (Å²) in [6.45, 7) is 8.62. The number of hydrogen-bond donors (Lipinski definition) is 1. The Bertz CT molecular complexity index is 331. The third-order valence-electron chi connectivity index (χ3n) is 2.25. The number of rotatable bonds is 6. The van der Waals surface area contributed by atoms with Gasteiger partial charge in [-0.25, -0.2) is 4.68 Å².